The molecule has 3 heteroatoms. The van der Waals surface area contributed by atoms with Gasteiger partial charge in [-0.2, -0.15) is 0 Å². The van der Waals surface area contributed by atoms with Gasteiger partial charge >= 0.3 is 0 Å². The second-order valence-electron chi connectivity index (χ2n) is 3.98. The molecule has 0 aromatic carbocycles. The maximum atomic E-state index is 6.05. The lowest BCUT2D eigenvalue weighted by Gasteiger charge is -2.33. The number of unbranched alkanes of at least 4 members (excludes halogenated alkanes) is 1. The fourth-order valence-electron chi connectivity index (χ4n) is 1.70. The number of hydrogen-bond donors (Lipinski definition) is 1. The molecule has 0 amide bonds. The zero-order chi connectivity index (χ0) is 9.68. The fraction of sp³-hybridized carbons (Fsp3) is 1.00. The van der Waals surface area contributed by atoms with E-state index in [0.29, 0.717) is 0 Å². The van der Waals surface area contributed by atoms with Crippen molar-refractivity contribution in [3.8, 4) is 0 Å². The maximum absolute atomic E-state index is 6.05. The summed E-state index contributed by atoms with van der Waals surface area (Å²) in [6.45, 7) is 5.06. The minimum atomic E-state index is 0.225. The van der Waals surface area contributed by atoms with Gasteiger partial charge in [0.15, 0.2) is 0 Å². The summed E-state index contributed by atoms with van der Waals surface area (Å²) in [6.07, 6.45) is 3.78. The van der Waals surface area contributed by atoms with Crippen LogP contribution in [0.1, 0.15) is 26.2 Å². The largest absolute Gasteiger partial charge is 0.374 e. The number of likely N-dealkylation sites (N-methyl/N-ethyl adjacent to an activating group) is 1. The molecule has 0 aromatic heterocycles. The third-order valence-corrected chi connectivity index (χ3v) is 2.67. The van der Waals surface area contributed by atoms with Crippen LogP contribution in [0.5, 0.6) is 0 Å². The minimum absolute atomic E-state index is 0.225. The van der Waals surface area contributed by atoms with Crippen LogP contribution >= 0.6 is 0 Å². The molecule has 1 rings (SSSR count). The summed E-state index contributed by atoms with van der Waals surface area (Å²) in [7, 11) is 2.13. The van der Waals surface area contributed by atoms with Crippen molar-refractivity contribution in [1.82, 2.24) is 4.90 Å². The van der Waals surface area contributed by atoms with Crippen molar-refractivity contribution in [2.24, 2.45) is 5.73 Å². The Morgan fingerprint density at radius 1 is 1.62 bits per heavy atom. The van der Waals surface area contributed by atoms with E-state index in [1.165, 1.54) is 12.8 Å². The highest BCUT2D eigenvalue weighted by Crippen LogP contribution is 2.10. The molecule has 0 radical (unpaired) electrons. The molecule has 3 nitrogen and oxygen atoms in total. The van der Waals surface area contributed by atoms with Crippen LogP contribution in [0.25, 0.3) is 0 Å². The van der Waals surface area contributed by atoms with E-state index in [2.05, 4.69) is 18.9 Å². The first-order valence-corrected chi connectivity index (χ1v) is 5.29. The monoisotopic (exact) mass is 186 g/mol. The second kappa shape index (κ2) is 5.58. The zero-order valence-corrected chi connectivity index (χ0v) is 8.83. The quantitative estimate of drug-likeness (QED) is 0.707. The van der Waals surface area contributed by atoms with E-state index in [1.807, 2.05) is 0 Å². The molecule has 1 aliphatic heterocycles. The van der Waals surface area contributed by atoms with Gasteiger partial charge in [0.1, 0.15) is 0 Å². The van der Waals surface area contributed by atoms with Crippen molar-refractivity contribution in [3.05, 3.63) is 0 Å². The summed E-state index contributed by atoms with van der Waals surface area (Å²) in [6, 6.07) is 0.225. The van der Waals surface area contributed by atoms with Crippen molar-refractivity contribution < 1.29 is 4.74 Å². The summed E-state index contributed by atoms with van der Waals surface area (Å²) >= 11 is 0. The summed E-state index contributed by atoms with van der Waals surface area (Å²) in [5.41, 5.74) is 6.05. The Labute approximate surface area is 81.2 Å². The van der Waals surface area contributed by atoms with Crippen LogP contribution in [0.15, 0.2) is 0 Å². The van der Waals surface area contributed by atoms with Crippen molar-refractivity contribution in [3.63, 3.8) is 0 Å². The lowest BCUT2D eigenvalue weighted by atomic mass is 10.0. The van der Waals surface area contributed by atoms with Crippen LogP contribution in [-0.4, -0.2) is 43.8 Å². The van der Waals surface area contributed by atoms with E-state index < -0.39 is 0 Å². The average molecular weight is 186 g/mol. The lowest BCUT2D eigenvalue weighted by Crippen LogP contribution is -2.49. The molecule has 78 valence electrons. The van der Waals surface area contributed by atoms with Crippen molar-refractivity contribution in [1.29, 1.82) is 0 Å². The third-order valence-electron chi connectivity index (χ3n) is 2.67. The number of nitrogens with zero attached hydrogens (tertiary/aromatic N) is 1. The number of rotatable bonds is 4. The minimum Gasteiger partial charge on any atom is -0.374 e. The van der Waals surface area contributed by atoms with Crippen molar-refractivity contribution >= 4 is 0 Å². The number of hydrogen-bond acceptors (Lipinski definition) is 3. The second-order valence-corrected chi connectivity index (χ2v) is 3.98. The van der Waals surface area contributed by atoms with Gasteiger partial charge in [-0.25, -0.2) is 0 Å². The molecule has 13 heavy (non-hydrogen) atoms. The molecule has 0 saturated carbocycles. The Balaban J connectivity index is 2.24. The number of morpholine rings is 1. The van der Waals surface area contributed by atoms with Crippen LogP contribution < -0.4 is 5.73 Å². The number of ether oxygens (including phenoxy) is 1. The van der Waals surface area contributed by atoms with Crippen LogP contribution in [0, 0.1) is 0 Å². The fourth-order valence-corrected chi connectivity index (χ4v) is 1.70. The van der Waals surface area contributed by atoms with Crippen molar-refractivity contribution in [2.75, 3.05) is 26.7 Å². The zero-order valence-electron chi connectivity index (χ0n) is 8.83. The normalized spacial score (nSPS) is 27.5. The van der Waals surface area contributed by atoms with Gasteiger partial charge in [-0.05, 0) is 13.5 Å². The predicted molar refractivity (Wildman–Crippen MR) is 54.7 cm³/mol. The summed E-state index contributed by atoms with van der Waals surface area (Å²) < 4.78 is 5.64. The SMILES string of the molecule is CCCCC(N)C1CN(C)CCO1. The summed E-state index contributed by atoms with van der Waals surface area (Å²) in [4.78, 5) is 2.29. The molecule has 0 bridgehead atoms. The van der Waals surface area contributed by atoms with Gasteiger partial charge in [0, 0.05) is 19.1 Å². The Morgan fingerprint density at radius 2 is 2.38 bits per heavy atom. The summed E-state index contributed by atoms with van der Waals surface area (Å²) in [5, 5.41) is 0. The molecule has 1 aliphatic rings. The van der Waals surface area contributed by atoms with Crippen LogP contribution in [0.2, 0.25) is 0 Å². The van der Waals surface area contributed by atoms with E-state index in [0.717, 1.165) is 26.1 Å². The first kappa shape index (κ1) is 11.0. The Kier molecular flexibility index (Phi) is 4.70. The Bertz CT molecular complexity index is 141. The molecule has 1 fully saturated rings. The van der Waals surface area contributed by atoms with Gasteiger partial charge in [-0.3, -0.25) is 0 Å². The van der Waals surface area contributed by atoms with E-state index in [-0.39, 0.29) is 12.1 Å². The molecule has 1 heterocycles. The molecular formula is C10H22N2O. The highest BCUT2D eigenvalue weighted by Gasteiger charge is 2.23. The molecule has 0 spiro atoms. The highest BCUT2D eigenvalue weighted by atomic mass is 16.5. The topological polar surface area (TPSA) is 38.5 Å². The lowest BCUT2D eigenvalue weighted by molar-refractivity contribution is -0.0334. The van der Waals surface area contributed by atoms with Gasteiger partial charge in [0.05, 0.1) is 12.7 Å². The van der Waals surface area contributed by atoms with E-state index >= 15 is 0 Å². The summed E-state index contributed by atoms with van der Waals surface area (Å²) in [5.74, 6) is 0. The predicted octanol–water partition coefficient (Wildman–Crippen LogP) is 0.834. The van der Waals surface area contributed by atoms with Gasteiger partial charge in [0.25, 0.3) is 0 Å². The third kappa shape index (κ3) is 3.63. The molecule has 1 saturated heterocycles. The number of nitrogens with two attached hydrogens (primary N) is 1. The van der Waals surface area contributed by atoms with Crippen LogP contribution in [-0.2, 0) is 4.74 Å². The highest BCUT2D eigenvalue weighted by molar-refractivity contribution is 4.79. The van der Waals surface area contributed by atoms with E-state index in [9.17, 15) is 0 Å². The molecule has 0 aromatic rings. The van der Waals surface area contributed by atoms with Gasteiger partial charge < -0.3 is 15.4 Å². The first-order chi connectivity index (χ1) is 6.24. The Morgan fingerprint density at radius 3 is 3.00 bits per heavy atom. The van der Waals surface area contributed by atoms with E-state index in [4.69, 9.17) is 10.5 Å². The maximum Gasteiger partial charge on any atom is 0.0853 e. The Hall–Kier alpha value is -0.120. The van der Waals surface area contributed by atoms with Crippen LogP contribution in [0.3, 0.4) is 0 Å². The smallest absolute Gasteiger partial charge is 0.0853 e. The standard InChI is InChI=1S/C10H22N2O/c1-3-4-5-9(11)10-8-12(2)6-7-13-10/h9-10H,3-8,11H2,1-2H3. The molecule has 2 atom stereocenters. The van der Waals surface area contributed by atoms with Crippen LogP contribution in [0.4, 0.5) is 0 Å². The molecule has 0 aliphatic carbocycles. The van der Waals surface area contributed by atoms with Crippen molar-refractivity contribution in [2.45, 2.75) is 38.3 Å². The van der Waals surface area contributed by atoms with Gasteiger partial charge in [0.2, 0.25) is 0 Å². The molecular weight excluding hydrogens is 164 g/mol. The van der Waals surface area contributed by atoms with Gasteiger partial charge in [-0.15, -0.1) is 0 Å². The molecule has 2 N–H and O–H groups in total. The average Bonchev–Trinajstić information content (AvgIpc) is 2.14. The molecule has 2 unspecified atom stereocenters. The van der Waals surface area contributed by atoms with E-state index in [1.54, 1.807) is 0 Å². The van der Waals surface area contributed by atoms with Gasteiger partial charge in [-0.1, -0.05) is 19.8 Å². The first-order valence-electron chi connectivity index (χ1n) is 5.29.